The minimum absolute atomic E-state index is 0.0499. The molecule has 1 rings (SSSR count). The van der Waals surface area contributed by atoms with E-state index in [-0.39, 0.29) is 5.96 Å². The number of nitrogens with one attached hydrogen (secondary N) is 1. The molecule has 0 unspecified atom stereocenters. The highest BCUT2D eigenvalue weighted by Gasteiger charge is 1.87. The van der Waals surface area contributed by atoms with Gasteiger partial charge in [-0.2, -0.15) is 5.10 Å². The van der Waals surface area contributed by atoms with E-state index >= 15 is 0 Å². The molecule has 0 aromatic carbocycles. The van der Waals surface area contributed by atoms with Crippen molar-refractivity contribution in [1.82, 2.24) is 0 Å². The first-order valence-electron chi connectivity index (χ1n) is 3.37. The summed E-state index contributed by atoms with van der Waals surface area (Å²) in [6, 6.07) is 3.74. The Morgan fingerprint density at radius 2 is 2.33 bits per heavy atom. The van der Waals surface area contributed by atoms with Gasteiger partial charge in [-0.25, -0.2) is 4.98 Å². The van der Waals surface area contributed by atoms with Crippen LogP contribution in [-0.2, 0) is 0 Å². The van der Waals surface area contributed by atoms with Crippen LogP contribution in [0.2, 0.25) is 0 Å². The zero-order valence-corrected chi connectivity index (χ0v) is 6.44. The summed E-state index contributed by atoms with van der Waals surface area (Å²) >= 11 is 0. The van der Waals surface area contributed by atoms with Crippen molar-refractivity contribution in [2.75, 3.05) is 0 Å². The Hall–Kier alpha value is -1.91. The zero-order valence-electron chi connectivity index (χ0n) is 6.44. The van der Waals surface area contributed by atoms with Crippen molar-refractivity contribution in [1.29, 1.82) is 0 Å². The first kappa shape index (κ1) is 8.19. The Morgan fingerprint density at radius 3 is 2.92 bits per heavy atom. The lowest BCUT2D eigenvalue weighted by molar-refractivity contribution is -0.378. The van der Waals surface area contributed by atoms with Crippen LogP contribution in [0.5, 0.6) is 0 Å². The molecule has 1 aromatic rings. The lowest BCUT2D eigenvalue weighted by atomic mass is 10.3. The van der Waals surface area contributed by atoms with Gasteiger partial charge < -0.3 is 11.5 Å². The third-order valence-corrected chi connectivity index (χ3v) is 1.11. The minimum atomic E-state index is -0.0499. The fraction of sp³-hybridized carbons (Fsp3) is 0. The molecule has 5 heteroatoms. The summed E-state index contributed by atoms with van der Waals surface area (Å²) in [5, 5.41) is 7.08. The van der Waals surface area contributed by atoms with E-state index in [1.54, 1.807) is 18.6 Å². The summed E-state index contributed by atoms with van der Waals surface area (Å²) in [4.78, 5) is 2.90. The highest BCUT2D eigenvalue weighted by molar-refractivity contribution is 5.80. The van der Waals surface area contributed by atoms with Crippen LogP contribution in [0, 0.1) is 0 Å². The van der Waals surface area contributed by atoms with E-state index in [9.17, 15) is 0 Å². The number of nitrogens with zero attached hydrogens (tertiary/aromatic N) is 2. The number of rotatable bonds is 2. The average Bonchev–Trinajstić information content (AvgIpc) is 2.05. The summed E-state index contributed by atoms with van der Waals surface area (Å²) in [5.41, 5.74) is 11.0. The number of guanidine groups is 1. The van der Waals surface area contributed by atoms with Crippen LogP contribution in [-0.4, -0.2) is 12.2 Å². The van der Waals surface area contributed by atoms with Crippen molar-refractivity contribution in [3.63, 3.8) is 0 Å². The third-order valence-electron chi connectivity index (χ3n) is 1.11. The van der Waals surface area contributed by atoms with Gasteiger partial charge in [0.1, 0.15) is 0 Å². The van der Waals surface area contributed by atoms with Crippen molar-refractivity contribution in [3.05, 3.63) is 30.1 Å². The largest absolute Gasteiger partial charge is 0.369 e. The SMILES string of the molecule is NC(N)=NN=Cc1ccc[nH+]c1. The van der Waals surface area contributed by atoms with E-state index in [0.29, 0.717) is 0 Å². The standard InChI is InChI=1S/C7H9N5/c8-7(9)12-11-5-6-2-1-3-10-4-6/h1-5H,(H4,8,9,12)/p+1. The molecule has 0 aliphatic heterocycles. The second-order valence-electron chi connectivity index (χ2n) is 2.11. The third kappa shape index (κ3) is 2.78. The van der Waals surface area contributed by atoms with E-state index in [1.807, 2.05) is 12.1 Å². The molecule has 0 aliphatic carbocycles. The second kappa shape index (κ2) is 4.07. The van der Waals surface area contributed by atoms with Gasteiger partial charge in [0.05, 0.1) is 11.8 Å². The van der Waals surface area contributed by atoms with Gasteiger partial charge in [-0.15, -0.1) is 5.10 Å². The number of hydrogen-bond donors (Lipinski definition) is 2. The summed E-state index contributed by atoms with van der Waals surface area (Å²) in [6.07, 6.45) is 5.14. The Kier molecular flexibility index (Phi) is 2.78. The molecule has 0 aliphatic rings. The van der Waals surface area contributed by atoms with Crippen LogP contribution in [0.25, 0.3) is 0 Å². The number of hydrogen-bond acceptors (Lipinski definition) is 2. The Bertz CT molecular complexity index is 286. The second-order valence-corrected chi connectivity index (χ2v) is 2.11. The van der Waals surface area contributed by atoms with E-state index in [1.165, 1.54) is 0 Å². The summed E-state index contributed by atoms with van der Waals surface area (Å²) in [5.74, 6) is -0.0499. The fourth-order valence-electron chi connectivity index (χ4n) is 0.650. The van der Waals surface area contributed by atoms with Gasteiger partial charge in [0.25, 0.3) is 0 Å². The lowest BCUT2D eigenvalue weighted by Crippen LogP contribution is -2.21. The molecule has 0 saturated heterocycles. The monoisotopic (exact) mass is 164 g/mol. The average molecular weight is 164 g/mol. The lowest BCUT2D eigenvalue weighted by Gasteiger charge is -1.84. The predicted molar refractivity (Wildman–Crippen MR) is 46.4 cm³/mol. The first-order chi connectivity index (χ1) is 5.79. The number of aromatic nitrogens is 1. The Balaban J connectivity index is 2.64. The van der Waals surface area contributed by atoms with Gasteiger partial charge >= 0.3 is 0 Å². The summed E-state index contributed by atoms with van der Waals surface area (Å²) in [6.45, 7) is 0. The van der Waals surface area contributed by atoms with Crippen molar-refractivity contribution >= 4 is 12.2 Å². The molecule has 0 radical (unpaired) electrons. The van der Waals surface area contributed by atoms with Crippen LogP contribution in [0.1, 0.15) is 5.56 Å². The van der Waals surface area contributed by atoms with E-state index in [2.05, 4.69) is 15.2 Å². The predicted octanol–water partition coefficient (Wildman–Crippen LogP) is -0.892. The van der Waals surface area contributed by atoms with Crippen LogP contribution in [0.3, 0.4) is 0 Å². The quantitative estimate of drug-likeness (QED) is 0.337. The first-order valence-corrected chi connectivity index (χ1v) is 3.37. The van der Waals surface area contributed by atoms with E-state index in [0.717, 1.165) is 5.56 Å². The number of aromatic amines is 1. The molecule has 62 valence electrons. The molecule has 5 nitrogen and oxygen atoms in total. The molecule has 12 heavy (non-hydrogen) atoms. The van der Waals surface area contributed by atoms with E-state index < -0.39 is 0 Å². The fourth-order valence-corrected chi connectivity index (χ4v) is 0.650. The van der Waals surface area contributed by atoms with Crippen LogP contribution in [0.15, 0.2) is 34.7 Å². The highest BCUT2D eigenvalue weighted by Crippen LogP contribution is 1.87. The van der Waals surface area contributed by atoms with E-state index in [4.69, 9.17) is 11.5 Å². The topological polar surface area (TPSA) is 90.9 Å². The summed E-state index contributed by atoms with van der Waals surface area (Å²) < 4.78 is 0. The van der Waals surface area contributed by atoms with Gasteiger partial charge in [0.2, 0.25) is 5.96 Å². The molecule has 0 saturated carbocycles. The molecular formula is C7H10N5+. The van der Waals surface area contributed by atoms with Gasteiger partial charge in [-0.3, -0.25) is 0 Å². The summed E-state index contributed by atoms with van der Waals surface area (Å²) in [7, 11) is 0. The van der Waals surface area contributed by atoms with Crippen molar-refractivity contribution in [2.45, 2.75) is 0 Å². The number of nitrogens with two attached hydrogens (primary N) is 2. The molecular weight excluding hydrogens is 154 g/mol. The Morgan fingerprint density at radius 1 is 1.50 bits per heavy atom. The van der Waals surface area contributed by atoms with Crippen LogP contribution < -0.4 is 16.5 Å². The molecule has 0 spiro atoms. The maximum absolute atomic E-state index is 5.06. The molecule has 1 aromatic heterocycles. The smallest absolute Gasteiger partial charge is 0.211 e. The molecule has 0 amide bonds. The van der Waals surface area contributed by atoms with Crippen molar-refractivity contribution in [3.8, 4) is 0 Å². The van der Waals surface area contributed by atoms with Gasteiger partial charge in [-0.05, 0) is 6.07 Å². The maximum atomic E-state index is 5.06. The molecule has 0 atom stereocenters. The van der Waals surface area contributed by atoms with Gasteiger partial charge in [0.15, 0.2) is 12.4 Å². The number of H-pyrrole nitrogens is 1. The zero-order chi connectivity index (χ0) is 8.81. The maximum Gasteiger partial charge on any atom is 0.211 e. The number of pyridine rings is 1. The minimum Gasteiger partial charge on any atom is -0.369 e. The molecule has 0 fully saturated rings. The molecule has 0 bridgehead atoms. The van der Waals surface area contributed by atoms with Gasteiger partial charge in [0, 0.05) is 6.07 Å². The van der Waals surface area contributed by atoms with Crippen LogP contribution in [0.4, 0.5) is 0 Å². The highest BCUT2D eigenvalue weighted by atomic mass is 15.3. The molecule has 5 N–H and O–H groups in total. The van der Waals surface area contributed by atoms with Gasteiger partial charge in [-0.1, -0.05) is 0 Å². The van der Waals surface area contributed by atoms with Crippen molar-refractivity contribution < 1.29 is 4.98 Å². The Labute approximate surface area is 69.8 Å². The molecule has 1 heterocycles. The normalized spacial score (nSPS) is 10.0. The van der Waals surface area contributed by atoms with Crippen molar-refractivity contribution in [2.24, 2.45) is 21.7 Å². The van der Waals surface area contributed by atoms with Crippen LogP contribution >= 0.6 is 0 Å².